The van der Waals surface area contributed by atoms with E-state index in [1.807, 2.05) is 32.0 Å². The molecule has 0 unspecified atom stereocenters. The van der Waals surface area contributed by atoms with Crippen molar-refractivity contribution in [3.05, 3.63) is 81.9 Å². The molecule has 0 aliphatic carbocycles. The molecule has 10 nitrogen and oxygen atoms in total. The summed E-state index contributed by atoms with van der Waals surface area (Å²) in [6, 6.07) is 17.1. The minimum absolute atomic E-state index is 0.0314. The van der Waals surface area contributed by atoms with Crippen molar-refractivity contribution in [3.63, 3.8) is 0 Å². The van der Waals surface area contributed by atoms with E-state index in [2.05, 4.69) is 20.9 Å². The number of anilines is 3. The van der Waals surface area contributed by atoms with Gasteiger partial charge in [-0.25, -0.2) is 4.98 Å². The van der Waals surface area contributed by atoms with Gasteiger partial charge in [0.05, 0.1) is 32.4 Å². The predicted octanol–water partition coefficient (Wildman–Crippen LogP) is 5.86. The molecule has 0 bridgehead atoms. The van der Waals surface area contributed by atoms with Crippen molar-refractivity contribution >= 4 is 85.5 Å². The van der Waals surface area contributed by atoms with E-state index in [4.69, 9.17) is 0 Å². The van der Waals surface area contributed by atoms with E-state index in [0.29, 0.717) is 10.0 Å². The van der Waals surface area contributed by atoms with Crippen molar-refractivity contribution in [1.82, 2.24) is 4.98 Å². The molecule has 0 radical (unpaired) electrons. The summed E-state index contributed by atoms with van der Waals surface area (Å²) in [7, 11) is 0. The van der Waals surface area contributed by atoms with Crippen molar-refractivity contribution in [2.75, 3.05) is 33.2 Å². The Hall–Kier alpha value is -3.94. The number of nitro benzene ring substituents is 1. The number of benzene rings is 3. The van der Waals surface area contributed by atoms with Crippen molar-refractivity contribution < 1.29 is 19.3 Å². The summed E-state index contributed by atoms with van der Waals surface area (Å²) in [4.78, 5) is 52.2. The lowest BCUT2D eigenvalue weighted by Crippen LogP contribution is -2.19. The van der Waals surface area contributed by atoms with Gasteiger partial charge in [0, 0.05) is 17.4 Å². The number of rotatable bonds is 11. The van der Waals surface area contributed by atoms with Gasteiger partial charge in [-0.15, -0.1) is 23.1 Å². The molecule has 40 heavy (non-hydrogen) atoms. The number of amides is 3. The maximum absolute atomic E-state index is 12.4. The second kappa shape index (κ2) is 13.4. The Labute approximate surface area is 242 Å². The number of nitro groups is 1. The summed E-state index contributed by atoms with van der Waals surface area (Å²) in [6.45, 7) is 3.87. The average molecular weight is 596 g/mol. The number of carbonyl (C=O) groups excluding carboxylic acids is 3. The molecule has 13 heteroatoms. The van der Waals surface area contributed by atoms with Gasteiger partial charge in [-0.3, -0.25) is 24.5 Å². The summed E-state index contributed by atoms with van der Waals surface area (Å²) in [5.74, 6) is -0.468. The van der Waals surface area contributed by atoms with Crippen LogP contribution in [0.3, 0.4) is 0 Å². The quantitative estimate of drug-likeness (QED) is 0.111. The van der Waals surface area contributed by atoms with Crippen LogP contribution in [-0.2, 0) is 14.4 Å². The van der Waals surface area contributed by atoms with Crippen molar-refractivity contribution in [2.24, 2.45) is 0 Å². The smallest absolute Gasteiger partial charge is 0.292 e. The summed E-state index contributed by atoms with van der Waals surface area (Å²) >= 11 is 3.82. The number of carbonyl (C=O) groups is 3. The molecule has 4 aromatic rings. The van der Waals surface area contributed by atoms with E-state index in [0.717, 1.165) is 27.0 Å². The molecule has 0 saturated heterocycles. The van der Waals surface area contributed by atoms with Gasteiger partial charge in [-0.2, -0.15) is 0 Å². The highest BCUT2D eigenvalue weighted by molar-refractivity contribution is 8.01. The third-order valence-electron chi connectivity index (χ3n) is 5.57. The molecule has 0 fully saturated rings. The first-order chi connectivity index (χ1) is 19.2. The Morgan fingerprint density at radius 2 is 1.55 bits per heavy atom. The highest BCUT2D eigenvalue weighted by Crippen LogP contribution is 2.32. The highest BCUT2D eigenvalue weighted by atomic mass is 32.2. The Balaban J connectivity index is 1.25. The van der Waals surface area contributed by atoms with Crippen LogP contribution in [0, 0.1) is 24.0 Å². The second-order valence-electron chi connectivity index (χ2n) is 8.63. The summed E-state index contributed by atoms with van der Waals surface area (Å²) in [5, 5.41) is 19.5. The van der Waals surface area contributed by atoms with Gasteiger partial charge in [0.1, 0.15) is 5.69 Å². The van der Waals surface area contributed by atoms with Crippen LogP contribution in [0.1, 0.15) is 11.1 Å². The van der Waals surface area contributed by atoms with Crippen LogP contribution in [-0.4, -0.2) is 44.9 Å². The molecule has 4 rings (SSSR count). The van der Waals surface area contributed by atoms with Gasteiger partial charge in [0.25, 0.3) is 5.69 Å². The SMILES string of the molecule is Cc1cccc(C)c1NC(=O)CSCC(=O)Nc1ccc2nc(SCC(=O)Nc3ccccc3[N+](=O)[O-])sc2c1. The molecule has 0 spiro atoms. The zero-order valence-electron chi connectivity index (χ0n) is 21.6. The molecular formula is C27H25N5O5S3. The zero-order chi connectivity index (χ0) is 28.6. The fourth-order valence-corrected chi connectivity index (χ4v) is 6.24. The summed E-state index contributed by atoms with van der Waals surface area (Å²) < 4.78 is 1.49. The van der Waals surface area contributed by atoms with Crippen molar-refractivity contribution in [3.8, 4) is 0 Å². The highest BCUT2D eigenvalue weighted by Gasteiger charge is 2.16. The Morgan fingerprint density at radius 1 is 0.875 bits per heavy atom. The topological polar surface area (TPSA) is 143 Å². The lowest BCUT2D eigenvalue weighted by Gasteiger charge is -2.11. The molecule has 1 heterocycles. The average Bonchev–Trinajstić information content (AvgIpc) is 3.32. The minimum atomic E-state index is -0.546. The number of aromatic nitrogens is 1. The number of thiazole rings is 1. The molecule has 206 valence electrons. The van der Waals surface area contributed by atoms with Gasteiger partial charge in [-0.1, -0.05) is 42.1 Å². The van der Waals surface area contributed by atoms with Crippen LogP contribution in [0.5, 0.6) is 0 Å². The normalized spacial score (nSPS) is 10.8. The number of aryl methyl sites for hydroxylation is 2. The summed E-state index contributed by atoms with van der Waals surface area (Å²) in [5.41, 5.74) is 4.07. The van der Waals surface area contributed by atoms with Crippen LogP contribution < -0.4 is 16.0 Å². The lowest BCUT2D eigenvalue weighted by atomic mass is 10.1. The van der Waals surface area contributed by atoms with Crippen molar-refractivity contribution in [2.45, 2.75) is 18.2 Å². The van der Waals surface area contributed by atoms with Crippen LogP contribution in [0.15, 0.2) is 65.0 Å². The van der Waals surface area contributed by atoms with Gasteiger partial charge in [-0.05, 0) is 49.2 Å². The number of para-hydroxylation sites is 3. The number of fused-ring (bicyclic) bond motifs is 1. The predicted molar refractivity (Wildman–Crippen MR) is 163 cm³/mol. The largest absolute Gasteiger partial charge is 0.325 e. The molecule has 0 aliphatic rings. The van der Waals surface area contributed by atoms with Crippen LogP contribution in [0.25, 0.3) is 10.2 Å². The number of thioether (sulfide) groups is 2. The van der Waals surface area contributed by atoms with Gasteiger partial charge in [0.2, 0.25) is 17.7 Å². The van der Waals surface area contributed by atoms with E-state index in [1.54, 1.807) is 24.3 Å². The molecule has 3 amide bonds. The first-order valence-electron chi connectivity index (χ1n) is 12.0. The lowest BCUT2D eigenvalue weighted by molar-refractivity contribution is -0.383. The Kier molecular flexibility index (Phi) is 9.74. The van der Waals surface area contributed by atoms with Gasteiger partial charge < -0.3 is 16.0 Å². The van der Waals surface area contributed by atoms with Gasteiger partial charge >= 0.3 is 0 Å². The maximum atomic E-state index is 12.4. The Morgan fingerprint density at radius 3 is 2.27 bits per heavy atom. The van der Waals surface area contributed by atoms with E-state index in [1.165, 1.54) is 53.1 Å². The molecule has 3 N–H and O–H groups in total. The van der Waals surface area contributed by atoms with Gasteiger partial charge in [0.15, 0.2) is 4.34 Å². The van der Waals surface area contributed by atoms with E-state index in [9.17, 15) is 24.5 Å². The molecule has 1 aromatic heterocycles. The van der Waals surface area contributed by atoms with Crippen LogP contribution in [0.2, 0.25) is 0 Å². The van der Waals surface area contributed by atoms with Crippen LogP contribution >= 0.6 is 34.9 Å². The first-order valence-corrected chi connectivity index (χ1v) is 15.0. The maximum Gasteiger partial charge on any atom is 0.292 e. The van der Waals surface area contributed by atoms with Crippen molar-refractivity contribution in [1.29, 1.82) is 0 Å². The van der Waals surface area contributed by atoms with E-state index in [-0.39, 0.29) is 46.4 Å². The fourth-order valence-electron chi connectivity index (χ4n) is 3.72. The van der Waals surface area contributed by atoms with E-state index < -0.39 is 4.92 Å². The standard InChI is InChI=1S/C27H25N5O5S3/c1-16-6-5-7-17(2)26(16)31-24(34)14-38-13-23(33)28-18-10-11-20-22(12-18)40-27(30-20)39-15-25(35)29-19-8-3-4-9-21(19)32(36)37/h3-12H,13-15H2,1-2H3,(H,28,33)(H,29,35)(H,31,34). The number of nitrogens with zero attached hydrogens (tertiary/aromatic N) is 2. The monoisotopic (exact) mass is 595 g/mol. The zero-order valence-corrected chi connectivity index (χ0v) is 24.0. The summed E-state index contributed by atoms with van der Waals surface area (Å²) in [6.07, 6.45) is 0. The van der Waals surface area contributed by atoms with E-state index >= 15 is 0 Å². The minimum Gasteiger partial charge on any atom is -0.325 e. The Bertz CT molecular complexity index is 1570. The first kappa shape index (κ1) is 29.1. The number of hydrogen-bond donors (Lipinski definition) is 3. The number of nitrogens with one attached hydrogen (secondary N) is 3. The molecular weight excluding hydrogens is 571 g/mol. The molecule has 0 atom stereocenters. The number of hydrogen-bond acceptors (Lipinski definition) is 9. The molecule has 3 aromatic carbocycles. The third kappa shape index (κ3) is 7.81. The molecule has 0 saturated carbocycles. The second-order valence-corrected chi connectivity index (χ2v) is 11.9. The fraction of sp³-hybridized carbons (Fsp3) is 0.185. The molecule has 0 aliphatic heterocycles. The third-order valence-corrected chi connectivity index (χ3v) is 8.66. The van der Waals surface area contributed by atoms with Crippen LogP contribution in [0.4, 0.5) is 22.7 Å².